The number of hydrogen-bond acceptors (Lipinski definition) is 8. The van der Waals surface area contributed by atoms with Crippen LogP contribution in [0.15, 0.2) is 36.5 Å². The van der Waals surface area contributed by atoms with Gasteiger partial charge in [0.05, 0.1) is 27.7 Å². The summed E-state index contributed by atoms with van der Waals surface area (Å²) in [4.78, 5) is 37.4. The van der Waals surface area contributed by atoms with Crippen molar-refractivity contribution < 1.29 is 42.1 Å². The summed E-state index contributed by atoms with van der Waals surface area (Å²) in [5.41, 5.74) is 0. The Labute approximate surface area is 319 Å². The van der Waals surface area contributed by atoms with Crippen molar-refractivity contribution in [2.45, 2.75) is 174 Å². The van der Waals surface area contributed by atoms with Gasteiger partial charge in [0.25, 0.3) is 7.82 Å². The molecule has 0 fully saturated rings. The first-order chi connectivity index (χ1) is 25.0. The molecule has 0 aromatic rings. The Morgan fingerprint density at radius 3 is 1.58 bits per heavy atom. The maximum Gasteiger partial charge on any atom is 0.306 e. The van der Waals surface area contributed by atoms with Crippen LogP contribution in [0.4, 0.5) is 0 Å². The van der Waals surface area contributed by atoms with E-state index in [4.69, 9.17) is 18.5 Å². The standard InChI is InChI=1S/C42H78NO8P/c1-6-8-10-12-14-16-18-20-21-23-25-27-29-31-33-35-42(45)51-40(39-50-52(46,47)49-37-36-43(3,4)5)38-48-41(44)34-32-30-28-26-24-22-19-17-15-13-11-9-7-2/h14,16-17,19-21,40H,6-13,15,18,22-39H2,1-5H3/b16-14-,19-17-,21-20-/t40-/m1/s1. The third-order valence-corrected chi connectivity index (χ3v) is 9.60. The van der Waals surface area contributed by atoms with E-state index in [0.717, 1.165) is 77.0 Å². The predicted molar refractivity (Wildman–Crippen MR) is 213 cm³/mol. The largest absolute Gasteiger partial charge is 0.756 e. The van der Waals surface area contributed by atoms with Crippen molar-refractivity contribution in [1.82, 2.24) is 0 Å². The van der Waals surface area contributed by atoms with Crippen LogP contribution in [0.25, 0.3) is 0 Å². The topological polar surface area (TPSA) is 111 Å². The molecule has 0 saturated heterocycles. The van der Waals surface area contributed by atoms with E-state index in [1.54, 1.807) is 0 Å². The van der Waals surface area contributed by atoms with Crippen LogP contribution in [-0.4, -0.2) is 70.0 Å². The average Bonchev–Trinajstić information content (AvgIpc) is 3.09. The van der Waals surface area contributed by atoms with Gasteiger partial charge in [-0.2, -0.15) is 0 Å². The Balaban J connectivity index is 4.44. The van der Waals surface area contributed by atoms with Gasteiger partial charge in [0.1, 0.15) is 19.8 Å². The molecule has 0 bridgehead atoms. The van der Waals surface area contributed by atoms with E-state index in [2.05, 4.69) is 50.3 Å². The normalized spacial score (nSPS) is 14.0. The highest BCUT2D eigenvalue weighted by molar-refractivity contribution is 7.45. The monoisotopic (exact) mass is 756 g/mol. The Bertz CT molecular complexity index is 991. The molecule has 52 heavy (non-hydrogen) atoms. The Morgan fingerprint density at radius 1 is 0.596 bits per heavy atom. The number of likely N-dealkylation sites (N-methyl/N-ethyl adjacent to an activating group) is 1. The zero-order chi connectivity index (χ0) is 38.6. The number of phosphoric ester groups is 1. The predicted octanol–water partition coefficient (Wildman–Crippen LogP) is 10.7. The quantitative estimate of drug-likeness (QED) is 0.0203. The summed E-state index contributed by atoms with van der Waals surface area (Å²) in [6, 6.07) is 0. The number of phosphoric acid groups is 1. The van der Waals surface area contributed by atoms with E-state index in [1.165, 1.54) is 57.8 Å². The first-order valence-electron chi connectivity index (χ1n) is 20.7. The molecule has 9 nitrogen and oxygen atoms in total. The third-order valence-electron chi connectivity index (χ3n) is 8.63. The van der Waals surface area contributed by atoms with Crippen molar-refractivity contribution in [1.29, 1.82) is 0 Å². The molecule has 0 radical (unpaired) electrons. The molecule has 0 aliphatic carbocycles. The van der Waals surface area contributed by atoms with Crippen LogP contribution in [-0.2, 0) is 32.7 Å². The van der Waals surface area contributed by atoms with Crippen LogP contribution in [0.1, 0.15) is 168 Å². The molecular formula is C42H78NO8P. The number of nitrogens with zero attached hydrogens (tertiary/aromatic N) is 1. The molecule has 2 atom stereocenters. The van der Waals surface area contributed by atoms with Crippen LogP contribution in [0.2, 0.25) is 0 Å². The number of esters is 2. The summed E-state index contributed by atoms with van der Waals surface area (Å²) in [6.45, 7) is 4.14. The molecule has 1 unspecified atom stereocenters. The van der Waals surface area contributed by atoms with Gasteiger partial charge in [-0.25, -0.2) is 0 Å². The second-order valence-electron chi connectivity index (χ2n) is 15.0. The lowest BCUT2D eigenvalue weighted by molar-refractivity contribution is -0.870. The second kappa shape index (κ2) is 35.0. The number of hydrogen-bond donors (Lipinski definition) is 0. The lowest BCUT2D eigenvalue weighted by Gasteiger charge is -2.28. The maximum atomic E-state index is 12.6. The van der Waals surface area contributed by atoms with Crippen molar-refractivity contribution in [3.05, 3.63) is 36.5 Å². The fourth-order valence-electron chi connectivity index (χ4n) is 5.32. The highest BCUT2D eigenvalue weighted by Gasteiger charge is 2.21. The first kappa shape index (κ1) is 50.2. The van der Waals surface area contributed by atoms with Crippen LogP contribution >= 0.6 is 7.82 Å². The van der Waals surface area contributed by atoms with Crippen molar-refractivity contribution in [3.63, 3.8) is 0 Å². The van der Waals surface area contributed by atoms with Crippen LogP contribution in [0.5, 0.6) is 0 Å². The first-order valence-corrected chi connectivity index (χ1v) is 22.2. The van der Waals surface area contributed by atoms with Gasteiger partial charge in [0, 0.05) is 12.8 Å². The average molecular weight is 756 g/mol. The SMILES string of the molecule is CCCCC/C=C\C/C=C\CCCCCCCC(=O)O[C@H](COC(=O)CCCCCCC/C=C\CCCCCC)COP(=O)([O-])OCC[N+](C)(C)C. The lowest BCUT2D eigenvalue weighted by atomic mass is 10.1. The highest BCUT2D eigenvalue weighted by Crippen LogP contribution is 2.38. The summed E-state index contributed by atoms with van der Waals surface area (Å²) in [5.74, 6) is -0.862. The third kappa shape index (κ3) is 38.0. The molecule has 0 aromatic carbocycles. The van der Waals surface area contributed by atoms with E-state index in [1.807, 2.05) is 21.1 Å². The minimum Gasteiger partial charge on any atom is -0.756 e. The minimum atomic E-state index is -4.62. The van der Waals surface area contributed by atoms with Gasteiger partial charge < -0.3 is 27.9 Å². The van der Waals surface area contributed by atoms with Gasteiger partial charge >= 0.3 is 11.9 Å². The van der Waals surface area contributed by atoms with Crippen molar-refractivity contribution in [2.75, 3.05) is 47.5 Å². The molecule has 0 N–H and O–H groups in total. The molecule has 304 valence electrons. The number of rotatable bonds is 37. The number of carbonyl (C=O) groups excluding carboxylic acids is 2. The molecule has 0 aromatic heterocycles. The zero-order valence-electron chi connectivity index (χ0n) is 34.0. The zero-order valence-corrected chi connectivity index (χ0v) is 34.9. The van der Waals surface area contributed by atoms with Gasteiger partial charge in [-0.1, -0.05) is 121 Å². The number of unbranched alkanes of at least 4 members (excludes halogenated alkanes) is 17. The van der Waals surface area contributed by atoms with Crippen molar-refractivity contribution >= 4 is 19.8 Å². The number of carbonyl (C=O) groups is 2. The van der Waals surface area contributed by atoms with Crippen LogP contribution in [0, 0.1) is 0 Å². The van der Waals surface area contributed by atoms with Gasteiger partial charge in [0.15, 0.2) is 6.10 Å². The molecule has 0 heterocycles. The number of quaternary nitrogens is 1. The van der Waals surface area contributed by atoms with Crippen molar-refractivity contribution in [2.24, 2.45) is 0 Å². The second-order valence-corrected chi connectivity index (χ2v) is 16.4. The van der Waals surface area contributed by atoms with E-state index in [-0.39, 0.29) is 26.1 Å². The van der Waals surface area contributed by atoms with Gasteiger partial charge in [-0.15, -0.1) is 0 Å². The summed E-state index contributed by atoms with van der Waals surface area (Å²) < 4.78 is 33.8. The number of allylic oxidation sites excluding steroid dienone is 6. The number of ether oxygens (including phenoxy) is 2. The summed E-state index contributed by atoms with van der Waals surface area (Å²) >= 11 is 0. The fourth-order valence-corrected chi connectivity index (χ4v) is 6.05. The maximum absolute atomic E-state index is 12.6. The van der Waals surface area contributed by atoms with Crippen LogP contribution in [0.3, 0.4) is 0 Å². The minimum absolute atomic E-state index is 0.0353. The van der Waals surface area contributed by atoms with E-state index in [0.29, 0.717) is 17.4 Å². The van der Waals surface area contributed by atoms with Gasteiger partial charge in [0.2, 0.25) is 0 Å². The molecule has 10 heteroatoms. The Kier molecular flexibility index (Phi) is 33.8. The Hall–Kier alpha value is -1.77. The van der Waals surface area contributed by atoms with Gasteiger partial charge in [-0.05, 0) is 70.6 Å². The molecule has 0 spiro atoms. The van der Waals surface area contributed by atoms with E-state index < -0.39 is 32.5 Å². The summed E-state index contributed by atoms with van der Waals surface area (Å²) in [7, 11) is 1.15. The molecule has 0 rings (SSSR count). The fraction of sp³-hybridized carbons (Fsp3) is 0.810. The van der Waals surface area contributed by atoms with E-state index >= 15 is 0 Å². The summed E-state index contributed by atoms with van der Waals surface area (Å²) in [6.07, 6.45) is 37.3. The molecular weight excluding hydrogens is 677 g/mol. The highest BCUT2D eigenvalue weighted by atomic mass is 31.2. The summed E-state index contributed by atoms with van der Waals surface area (Å²) in [5, 5.41) is 0. The van der Waals surface area contributed by atoms with Gasteiger partial charge in [-0.3, -0.25) is 14.2 Å². The molecule has 0 aliphatic heterocycles. The van der Waals surface area contributed by atoms with Crippen LogP contribution < -0.4 is 4.89 Å². The smallest absolute Gasteiger partial charge is 0.306 e. The molecule has 0 saturated carbocycles. The van der Waals surface area contributed by atoms with Crippen molar-refractivity contribution in [3.8, 4) is 0 Å². The molecule has 0 amide bonds. The lowest BCUT2D eigenvalue weighted by Crippen LogP contribution is -2.37. The van der Waals surface area contributed by atoms with E-state index in [9.17, 15) is 19.0 Å². The molecule has 0 aliphatic rings. The Morgan fingerprint density at radius 2 is 1.04 bits per heavy atom.